The Hall–Kier alpha value is -4.05. The zero-order valence-corrected chi connectivity index (χ0v) is 16.9. The summed E-state index contributed by atoms with van der Waals surface area (Å²) in [6.07, 6.45) is 0. The molecule has 0 bridgehead atoms. The lowest BCUT2D eigenvalue weighted by Gasteiger charge is -2.14. The Bertz CT molecular complexity index is 1190. The van der Waals surface area contributed by atoms with Gasteiger partial charge in [0.25, 0.3) is 11.5 Å². The van der Waals surface area contributed by atoms with E-state index in [1.54, 1.807) is 69.7 Å². The third-order valence-corrected chi connectivity index (χ3v) is 4.68. The van der Waals surface area contributed by atoms with Crippen molar-refractivity contribution >= 4 is 5.91 Å². The lowest BCUT2D eigenvalue weighted by Crippen LogP contribution is -2.33. The molecule has 1 aromatic heterocycles. The maximum absolute atomic E-state index is 13.0. The molecule has 0 aliphatic heterocycles. The van der Waals surface area contributed by atoms with E-state index < -0.39 is 11.5 Å². The average molecular weight is 403 g/mol. The van der Waals surface area contributed by atoms with Crippen LogP contribution in [-0.2, 0) is 6.54 Å². The number of hydrogen-bond donors (Lipinski definition) is 1. The quantitative estimate of drug-likeness (QED) is 0.683. The molecule has 1 N–H and O–H groups in total. The van der Waals surface area contributed by atoms with Gasteiger partial charge in [0.2, 0.25) is 0 Å². The van der Waals surface area contributed by atoms with Gasteiger partial charge in [-0.25, -0.2) is 0 Å². The van der Waals surface area contributed by atoms with Gasteiger partial charge in [-0.3, -0.25) is 14.2 Å². The molecule has 0 atom stereocenters. The van der Waals surface area contributed by atoms with Gasteiger partial charge in [0.15, 0.2) is 0 Å². The van der Waals surface area contributed by atoms with Crippen LogP contribution in [0.1, 0.15) is 27.2 Å². The van der Waals surface area contributed by atoms with Crippen LogP contribution in [0.5, 0.6) is 11.5 Å². The monoisotopic (exact) mass is 403 g/mol. The first-order valence-corrected chi connectivity index (χ1v) is 9.20. The zero-order valence-electron chi connectivity index (χ0n) is 16.9. The minimum Gasteiger partial charge on any atom is -0.497 e. The van der Waals surface area contributed by atoms with Gasteiger partial charge in [-0.05, 0) is 55.5 Å². The number of carbonyl (C=O) groups is 1. The van der Waals surface area contributed by atoms with Crippen LogP contribution in [0.3, 0.4) is 0 Å². The molecule has 2 aromatic carbocycles. The van der Waals surface area contributed by atoms with Crippen molar-refractivity contribution in [1.82, 2.24) is 9.88 Å². The van der Waals surface area contributed by atoms with Gasteiger partial charge in [-0.1, -0.05) is 6.07 Å². The molecule has 0 aliphatic carbocycles. The lowest BCUT2D eigenvalue weighted by molar-refractivity contribution is 0.0949. The van der Waals surface area contributed by atoms with Crippen molar-refractivity contribution in [2.24, 2.45) is 0 Å². The Kier molecular flexibility index (Phi) is 6.18. The number of aromatic nitrogens is 1. The molecule has 3 aromatic rings. The molecule has 1 amide bonds. The van der Waals surface area contributed by atoms with Gasteiger partial charge >= 0.3 is 0 Å². The highest BCUT2D eigenvalue weighted by Gasteiger charge is 2.16. The fourth-order valence-corrected chi connectivity index (χ4v) is 3.13. The van der Waals surface area contributed by atoms with Crippen molar-refractivity contribution in [3.8, 4) is 23.3 Å². The number of amides is 1. The second-order valence-corrected chi connectivity index (χ2v) is 6.55. The van der Waals surface area contributed by atoms with E-state index in [4.69, 9.17) is 14.7 Å². The fourth-order valence-electron chi connectivity index (χ4n) is 3.13. The third-order valence-electron chi connectivity index (χ3n) is 4.68. The van der Waals surface area contributed by atoms with Crippen LogP contribution in [-0.4, -0.2) is 24.7 Å². The summed E-state index contributed by atoms with van der Waals surface area (Å²) < 4.78 is 12.0. The zero-order chi connectivity index (χ0) is 21.7. The van der Waals surface area contributed by atoms with Crippen LogP contribution >= 0.6 is 0 Å². The minimum absolute atomic E-state index is 0.00447. The van der Waals surface area contributed by atoms with Gasteiger partial charge in [-0.15, -0.1) is 0 Å². The van der Waals surface area contributed by atoms with E-state index in [9.17, 15) is 9.59 Å². The molecule has 7 heteroatoms. The van der Waals surface area contributed by atoms with E-state index in [0.29, 0.717) is 28.4 Å². The summed E-state index contributed by atoms with van der Waals surface area (Å²) in [7, 11) is 3.10. The Morgan fingerprint density at radius 3 is 2.60 bits per heavy atom. The van der Waals surface area contributed by atoms with Gasteiger partial charge < -0.3 is 14.8 Å². The number of pyridine rings is 1. The summed E-state index contributed by atoms with van der Waals surface area (Å²) in [5.74, 6) is 0.732. The summed E-state index contributed by atoms with van der Waals surface area (Å²) in [4.78, 5) is 25.8. The number of nitrogens with one attached hydrogen (secondary N) is 1. The van der Waals surface area contributed by atoms with Crippen LogP contribution in [0.4, 0.5) is 0 Å². The Balaban J connectivity index is 1.91. The molecule has 0 radical (unpaired) electrons. The predicted molar refractivity (Wildman–Crippen MR) is 112 cm³/mol. The number of carbonyl (C=O) groups excluding carboxylic acids is 1. The Morgan fingerprint density at radius 1 is 1.10 bits per heavy atom. The number of methoxy groups -OCH3 is 2. The second kappa shape index (κ2) is 8.97. The van der Waals surface area contributed by atoms with Crippen molar-refractivity contribution < 1.29 is 14.3 Å². The second-order valence-electron chi connectivity index (χ2n) is 6.55. The fraction of sp³-hybridized carbons (Fsp3) is 0.174. The molecule has 3 rings (SSSR count). The molecule has 0 aliphatic rings. The number of ether oxygens (including phenoxy) is 2. The lowest BCUT2D eigenvalue weighted by atomic mass is 10.1. The number of nitrogens with zero attached hydrogens (tertiary/aromatic N) is 2. The predicted octanol–water partition coefficient (Wildman–Crippen LogP) is 2.96. The van der Waals surface area contributed by atoms with E-state index in [2.05, 4.69) is 11.4 Å². The first kappa shape index (κ1) is 20.7. The summed E-state index contributed by atoms with van der Waals surface area (Å²) in [6.45, 7) is 1.93. The first-order chi connectivity index (χ1) is 14.5. The van der Waals surface area contributed by atoms with Crippen molar-refractivity contribution in [2.45, 2.75) is 13.5 Å². The van der Waals surface area contributed by atoms with Crippen LogP contribution < -0.4 is 20.3 Å². The minimum atomic E-state index is -0.505. The number of aryl methyl sites for hydroxylation is 1. The number of hydrogen-bond acceptors (Lipinski definition) is 5. The van der Waals surface area contributed by atoms with Crippen LogP contribution in [0.25, 0.3) is 5.69 Å². The van der Waals surface area contributed by atoms with Crippen molar-refractivity contribution in [3.63, 3.8) is 0 Å². The first-order valence-electron chi connectivity index (χ1n) is 9.20. The van der Waals surface area contributed by atoms with Gasteiger partial charge in [0.05, 0.1) is 31.5 Å². The summed E-state index contributed by atoms with van der Waals surface area (Å²) in [5, 5.41) is 11.9. The van der Waals surface area contributed by atoms with Crippen LogP contribution in [0.2, 0.25) is 0 Å². The van der Waals surface area contributed by atoms with Gasteiger partial charge in [0, 0.05) is 17.8 Å². The highest BCUT2D eigenvalue weighted by atomic mass is 16.5. The average Bonchev–Trinajstić information content (AvgIpc) is 2.77. The van der Waals surface area contributed by atoms with E-state index in [0.717, 1.165) is 5.56 Å². The number of benzene rings is 2. The highest BCUT2D eigenvalue weighted by molar-refractivity contribution is 5.93. The van der Waals surface area contributed by atoms with E-state index >= 15 is 0 Å². The smallest absolute Gasteiger partial charge is 0.268 e. The molecule has 152 valence electrons. The van der Waals surface area contributed by atoms with Gasteiger partial charge in [-0.2, -0.15) is 5.26 Å². The van der Waals surface area contributed by atoms with E-state index in [1.165, 1.54) is 10.6 Å². The largest absolute Gasteiger partial charge is 0.497 e. The summed E-state index contributed by atoms with van der Waals surface area (Å²) in [6, 6.07) is 17.2. The molecular weight excluding hydrogens is 382 g/mol. The maximum Gasteiger partial charge on any atom is 0.268 e. The molecule has 0 unspecified atom stereocenters. The molecule has 0 fully saturated rings. The molecule has 0 spiro atoms. The van der Waals surface area contributed by atoms with Gasteiger partial charge in [0.1, 0.15) is 17.1 Å². The summed E-state index contributed by atoms with van der Waals surface area (Å²) in [5.41, 5.74) is 1.88. The van der Waals surface area contributed by atoms with Crippen molar-refractivity contribution in [1.29, 1.82) is 5.26 Å². The highest BCUT2D eigenvalue weighted by Crippen LogP contribution is 2.23. The maximum atomic E-state index is 13.0. The normalized spacial score (nSPS) is 10.2. The standard InChI is InChI=1S/C23H21N3O4/c1-15-7-9-20(23(28)26(15)18-6-4-5-16(11-18)13-24)22(27)25-14-17-12-19(29-2)8-10-21(17)30-3/h4-12H,14H2,1-3H3,(H,25,27). The SMILES string of the molecule is COc1ccc(OC)c(CNC(=O)c2ccc(C)n(-c3cccc(C#N)c3)c2=O)c1. The number of rotatable bonds is 6. The van der Waals surface area contributed by atoms with E-state index in [-0.39, 0.29) is 12.1 Å². The summed E-state index contributed by atoms with van der Waals surface area (Å²) >= 11 is 0. The molecular formula is C23H21N3O4. The molecule has 1 heterocycles. The third kappa shape index (κ3) is 4.18. The van der Waals surface area contributed by atoms with Crippen molar-refractivity contribution in [2.75, 3.05) is 14.2 Å². The Labute approximate surface area is 174 Å². The van der Waals surface area contributed by atoms with Crippen LogP contribution in [0.15, 0.2) is 59.4 Å². The molecule has 0 saturated heterocycles. The van der Waals surface area contributed by atoms with Crippen LogP contribution in [0, 0.1) is 18.3 Å². The Morgan fingerprint density at radius 2 is 1.90 bits per heavy atom. The van der Waals surface area contributed by atoms with Crippen molar-refractivity contribution in [3.05, 3.63) is 87.3 Å². The molecule has 7 nitrogen and oxygen atoms in total. The molecule has 30 heavy (non-hydrogen) atoms. The molecule has 0 saturated carbocycles. The topological polar surface area (TPSA) is 93.3 Å². The van der Waals surface area contributed by atoms with E-state index in [1.807, 2.05) is 0 Å². The number of nitriles is 1.